The number of hydrogen-bond donors (Lipinski definition) is 2. The molecule has 132 valence electrons. The van der Waals surface area contributed by atoms with E-state index < -0.39 is 0 Å². The second-order valence-electron chi connectivity index (χ2n) is 5.30. The van der Waals surface area contributed by atoms with Crippen LogP contribution in [0.1, 0.15) is 9.67 Å². The molecule has 3 aromatic rings. The lowest BCUT2D eigenvalue weighted by Gasteiger charge is -2.07. The zero-order valence-electron chi connectivity index (χ0n) is 13.6. The van der Waals surface area contributed by atoms with Crippen molar-refractivity contribution in [3.63, 3.8) is 0 Å². The standard InChI is InChI=1S/C19H15ClN2O2S2/c20-13-6-8-14(9-7-13)21-18(23)12-26-16-4-1-3-15(11-16)22-19(24)17-5-2-10-25-17/h1-11H,12H2,(H,21,23)(H,22,24). The van der Waals surface area contributed by atoms with Crippen molar-refractivity contribution in [3.05, 3.63) is 75.9 Å². The highest BCUT2D eigenvalue weighted by Crippen LogP contribution is 2.23. The molecule has 0 spiro atoms. The van der Waals surface area contributed by atoms with Crippen LogP contribution in [0.5, 0.6) is 0 Å². The molecule has 0 fully saturated rings. The fourth-order valence-electron chi connectivity index (χ4n) is 2.14. The largest absolute Gasteiger partial charge is 0.325 e. The molecule has 0 bridgehead atoms. The quantitative estimate of drug-likeness (QED) is 0.544. The van der Waals surface area contributed by atoms with Gasteiger partial charge >= 0.3 is 0 Å². The summed E-state index contributed by atoms with van der Waals surface area (Å²) in [6.07, 6.45) is 0. The van der Waals surface area contributed by atoms with Crippen LogP contribution < -0.4 is 10.6 Å². The minimum Gasteiger partial charge on any atom is -0.325 e. The highest BCUT2D eigenvalue weighted by Gasteiger charge is 2.08. The van der Waals surface area contributed by atoms with Crippen molar-refractivity contribution in [3.8, 4) is 0 Å². The van der Waals surface area contributed by atoms with Crippen molar-refractivity contribution in [2.75, 3.05) is 16.4 Å². The monoisotopic (exact) mass is 402 g/mol. The van der Waals surface area contributed by atoms with Crippen LogP contribution in [0.4, 0.5) is 11.4 Å². The van der Waals surface area contributed by atoms with Gasteiger partial charge in [-0.05, 0) is 53.9 Å². The van der Waals surface area contributed by atoms with Gasteiger partial charge in [0.2, 0.25) is 5.91 Å². The van der Waals surface area contributed by atoms with Gasteiger partial charge in [-0.2, -0.15) is 0 Å². The molecule has 4 nitrogen and oxygen atoms in total. The number of benzene rings is 2. The number of nitrogens with one attached hydrogen (secondary N) is 2. The Kier molecular flexibility index (Phi) is 6.33. The number of carbonyl (C=O) groups is 2. The Bertz CT molecular complexity index is 896. The van der Waals surface area contributed by atoms with E-state index in [0.29, 0.717) is 21.3 Å². The number of halogens is 1. The highest BCUT2D eigenvalue weighted by molar-refractivity contribution is 8.00. The number of amides is 2. The van der Waals surface area contributed by atoms with Crippen LogP contribution >= 0.6 is 34.7 Å². The summed E-state index contributed by atoms with van der Waals surface area (Å²) in [5.41, 5.74) is 1.41. The predicted octanol–water partition coefficient (Wildman–Crippen LogP) is 5.38. The molecule has 0 unspecified atom stereocenters. The van der Waals surface area contributed by atoms with Crippen LogP contribution in [0.3, 0.4) is 0 Å². The average molecular weight is 403 g/mol. The molecule has 0 aliphatic rings. The van der Waals surface area contributed by atoms with Crippen LogP contribution in [-0.4, -0.2) is 17.6 Å². The van der Waals surface area contributed by atoms with E-state index in [4.69, 9.17) is 11.6 Å². The van der Waals surface area contributed by atoms with Crippen molar-refractivity contribution in [1.82, 2.24) is 0 Å². The second-order valence-corrected chi connectivity index (χ2v) is 7.74. The number of hydrogen-bond acceptors (Lipinski definition) is 4. The molecule has 3 rings (SSSR count). The molecule has 0 atom stereocenters. The molecule has 0 radical (unpaired) electrons. The molecule has 2 aromatic carbocycles. The zero-order valence-corrected chi connectivity index (χ0v) is 16.0. The van der Waals surface area contributed by atoms with Crippen LogP contribution in [-0.2, 0) is 4.79 Å². The van der Waals surface area contributed by atoms with Gasteiger partial charge in [-0.25, -0.2) is 0 Å². The Balaban J connectivity index is 1.54. The maximum atomic E-state index is 12.1. The van der Waals surface area contributed by atoms with E-state index in [2.05, 4.69) is 10.6 Å². The van der Waals surface area contributed by atoms with Crippen molar-refractivity contribution in [2.45, 2.75) is 4.90 Å². The number of anilines is 2. The van der Waals surface area contributed by atoms with Gasteiger partial charge in [0.1, 0.15) is 0 Å². The van der Waals surface area contributed by atoms with Gasteiger partial charge in [-0.3, -0.25) is 9.59 Å². The first-order valence-corrected chi connectivity index (χ1v) is 9.97. The first-order valence-electron chi connectivity index (χ1n) is 7.73. The van der Waals surface area contributed by atoms with Crippen molar-refractivity contribution in [1.29, 1.82) is 0 Å². The smallest absolute Gasteiger partial charge is 0.265 e. The predicted molar refractivity (Wildman–Crippen MR) is 110 cm³/mol. The minimum atomic E-state index is -0.136. The number of thiophene rings is 1. The summed E-state index contributed by atoms with van der Waals surface area (Å²) in [5.74, 6) is 0.0262. The summed E-state index contributed by atoms with van der Waals surface area (Å²) < 4.78 is 0. The minimum absolute atomic E-state index is 0.106. The van der Waals surface area contributed by atoms with Gasteiger partial charge in [-0.1, -0.05) is 23.7 Å². The summed E-state index contributed by atoms with van der Waals surface area (Å²) in [4.78, 5) is 25.7. The Labute approximate surface area is 164 Å². The zero-order chi connectivity index (χ0) is 18.4. The normalized spacial score (nSPS) is 10.3. The number of carbonyl (C=O) groups excluding carboxylic acids is 2. The second kappa shape index (κ2) is 8.89. The van der Waals surface area contributed by atoms with Gasteiger partial charge in [-0.15, -0.1) is 23.1 Å². The number of thioether (sulfide) groups is 1. The van der Waals surface area contributed by atoms with Gasteiger partial charge < -0.3 is 10.6 Å². The summed E-state index contributed by atoms with van der Waals surface area (Å²) in [7, 11) is 0. The van der Waals surface area contributed by atoms with E-state index >= 15 is 0 Å². The SMILES string of the molecule is O=C(CSc1cccc(NC(=O)c2cccs2)c1)Nc1ccc(Cl)cc1. The fraction of sp³-hybridized carbons (Fsp3) is 0.0526. The van der Waals surface area contributed by atoms with Crippen molar-refractivity contribution < 1.29 is 9.59 Å². The number of rotatable bonds is 6. The highest BCUT2D eigenvalue weighted by atomic mass is 35.5. The third-order valence-corrected chi connectivity index (χ3v) is 5.45. The topological polar surface area (TPSA) is 58.2 Å². The lowest BCUT2D eigenvalue weighted by molar-refractivity contribution is -0.113. The lowest BCUT2D eigenvalue weighted by atomic mass is 10.3. The summed E-state index contributed by atoms with van der Waals surface area (Å²) in [5, 5.41) is 8.17. The lowest BCUT2D eigenvalue weighted by Crippen LogP contribution is -2.14. The molecule has 0 aliphatic heterocycles. The van der Waals surface area contributed by atoms with E-state index in [9.17, 15) is 9.59 Å². The molecule has 0 aliphatic carbocycles. The van der Waals surface area contributed by atoms with E-state index in [1.165, 1.54) is 23.1 Å². The van der Waals surface area contributed by atoms with E-state index in [1.54, 1.807) is 30.3 Å². The van der Waals surface area contributed by atoms with E-state index in [-0.39, 0.29) is 17.6 Å². The van der Waals surface area contributed by atoms with E-state index in [1.807, 2.05) is 35.7 Å². The molecule has 0 saturated carbocycles. The molecular weight excluding hydrogens is 388 g/mol. The Hall–Kier alpha value is -2.28. The summed E-state index contributed by atoms with van der Waals surface area (Å²) in [6, 6.07) is 18.0. The summed E-state index contributed by atoms with van der Waals surface area (Å²) >= 11 is 8.62. The first-order chi connectivity index (χ1) is 12.6. The molecule has 0 saturated heterocycles. The van der Waals surface area contributed by atoms with Gasteiger partial charge in [0, 0.05) is 21.3 Å². The van der Waals surface area contributed by atoms with Gasteiger partial charge in [0.25, 0.3) is 5.91 Å². The third-order valence-electron chi connectivity index (χ3n) is 3.33. The molecular formula is C19H15ClN2O2S2. The van der Waals surface area contributed by atoms with Gasteiger partial charge in [0.05, 0.1) is 10.6 Å². The third kappa shape index (κ3) is 5.36. The first kappa shape index (κ1) is 18.5. The van der Waals surface area contributed by atoms with Crippen LogP contribution in [0, 0.1) is 0 Å². The molecule has 1 heterocycles. The van der Waals surface area contributed by atoms with Gasteiger partial charge in [0.15, 0.2) is 0 Å². The fourth-order valence-corrected chi connectivity index (χ4v) is 3.64. The summed E-state index contributed by atoms with van der Waals surface area (Å²) in [6.45, 7) is 0. The van der Waals surface area contributed by atoms with E-state index in [0.717, 1.165) is 4.90 Å². The Morgan fingerprint density at radius 3 is 2.50 bits per heavy atom. The van der Waals surface area contributed by atoms with Crippen LogP contribution in [0.15, 0.2) is 70.9 Å². The molecule has 2 amide bonds. The maximum absolute atomic E-state index is 12.1. The maximum Gasteiger partial charge on any atom is 0.265 e. The molecule has 2 N–H and O–H groups in total. The molecule has 26 heavy (non-hydrogen) atoms. The molecule has 1 aromatic heterocycles. The Morgan fingerprint density at radius 2 is 1.77 bits per heavy atom. The van der Waals surface area contributed by atoms with Crippen LogP contribution in [0.2, 0.25) is 5.02 Å². The Morgan fingerprint density at radius 1 is 0.962 bits per heavy atom. The van der Waals surface area contributed by atoms with Crippen LogP contribution in [0.25, 0.3) is 0 Å². The van der Waals surface area contributed by atoms with Crippen molar-refractivity contribution >= 4 is 57.9 Å². The van der Waals surface area contributed by atoms with Crippen molar-refractivity contribution in [2.24, 2.45) is 0 Å². The molecule has 7 heteroatoms. The average Bonchev–Trinajstić information content (AvgIpc) is 3.17.